The van der Waals surface area contributed by atoms with Gasteiger partial charge in [0, 0.05) is 43.5 Å². The van der Waals surface area contributed by atoms with Crippen LogP contribution in [0.3, 0.4) is 0 Å². The minimum atomic E-state index is 0.0330. The number of amides is 1. The van der Waals surface area contributed by atoms with E-state index in [4.69, 9.17) is 9.72 Å². The Morgan fingerprint density at radius 1 is 1.13 bits per heavy atom. The van der Waals surface area contributed by atoms with Gasteiger partial charge in [-0.15, -0.1) is 0 Å². The lowest BCUT2D eigenvalue weighted by Crippen LogP contribution is -2.35. The van der Waals surface area contributed by atoms with Crippen LogP contribution < -0.4 is 15.0 Å². The van der Waals surface area contributed by atoms with E-state index >= 15 is 0 Å². The number of methoxy groups -OCH3 is 1. The molecule has 0 unspecified atom stereocenters. The molecular formula is C23H28N4O2S. The summed E-state index contributed by atoms with van der Waals surface area (Å²) < 4.78 is 9.81. The number of aromatic nitrogens is 2. The van der Waals surface area contributed by atoms with Gasteiger partial charge in [0.05, 0.1) is 7.11 Å². The van der Waals surface area contributed by atoms with Gasteiger partial charge in [0.15, 0.2) is 0 Å². The first-order chi connectivity index (χ1) is 14.5. The van der Waals surface area contributed by atoms with E-state index in [2.05, 4.69) is 28.4 Å². The number of anilines is 1. The number of hydrogen-bond acceptors (Lipinski definition) is 6. The zero-order chi connectivity index (χ0) is 21.3. The van der Waals surface area contributed by atoms with Crippen LogP contribution in [0, 0.1) is 0 Å². The van der Waals surface area contributed by atoms with E-state index in [1.165, 1.54) is 11.5 Å². The predicted molar refractivity (Wildman–Crippen MR) is 121 cm³/mol. The molecule has 158 valence electrons. The van der Waals surface area contributed by atoms with Crippen LogP contribution in [0.5, 0.6) is 5.75 Å². The van der Waals surface area contributed by atoms with Crippen molar-refractivity contribution in [2.45, 2.75) is 39.3 Å². The van der Waals surface area contributed by atoms with Crippen molar-refractivity contribution < 1.29 is 9.53 Å². The van der Waals surface area contributed by atoms with Crippen molar-refractivity contribution in [3.63, 3.8) is 0 Å². The van der Waals surface area contributed by atoms with E-state index in [1.807, 2.05) is 54.6 Å². The Morgan fingerprint density at radius 2 is 1.90 bits per heavy atom. The molecule has 0 saturated carbocycles. The lowest BCUT2D eigenvalue weighted by molar-refractivity contribution is -0.121. The van der Waals surface area contributed by atoms with Crippen molar-refractivity contribution in [1.29, 1.82) is 0 Å². The van der Waals surface area contributed by atoms with Crippen LogP contribution in [0.2, 0.25) is 0 Å². The molecule has 0 bridgehead atoms. The standard InChI is InChI=1S/C23H28N4O2S/c1-17(2)27(13-12-22(28)24-16-18-8-5-4-6-9-18)23-25-21(26-30-23)15-19-10-7-11-20(14-19)29-3/h4-11,14,17H,12-13,15-16H2,1-3H3,(H,24,28). The average molecular weight is 425 g/mol. The van der Waals surface area contributed by atoms with E-state index in [0.717, 1.165) is 27.8 Å². The molecule has 3 aromatic rings. The summed E-state index contributed by atoms with van der Waals surface area (Å²) >= 11 is 1.38. The molecule has 0 atom stereocenters. The third-order valence-corrected chi connectivity index (χ3v) is 5.53. The molecule has 1 N–H and O–H groups in total. The minimum Gasteiger partial charge on any atom is -0.497 e. The van der Waals surface area contributed by atoms with Crippen molar-refractivity contribution in [1.82, 2.24) is 14.7 Å². The van der Waals surface area contributed by atoms with Crippen LogP contribution in [0.1, 0.15) is 37.2 Å². The van der Waals surface area contributed by atoms with Gasteiger partial charge in [0.2, 0.25) is 11.0 Å². The molecule has 0 fully saturated rings. The first-order valence-corrected chi connectivity index (χ1v) is 10.8. The van der Waals surface area contributed by atoms with Crippen LogP contribution in [0.25, 0.3) is 0 Å². The molecule has 0 aliphatic heterocycles. The van der Waals surface area contributed by atoms with E-state index in [0.29, 0.717) is 25.9 Å². The fourth-order valence-electron chi connectivity index (χ4n) is 3.08. The lowest BCUT2D eigenvalue weighted by Gasteiger charge is -2.25. The molecular weight excluding hydrogens is 396 g/mol. The summed E-state index contributed by atoms with van der Waals surface area (Å²) in [6, 6.07) is 18.1. The molecule has 0 aliphatic rings. The van der Waals surface area contributed by atoms with Gasteiger partial charge < -0.3 is 15.0 Å². The summed E-state index contributed by atoms with van der Waals surface area (Å²) in [6.45, 7) is 5.35. The molecule has 6 nitrogen and oxygen atoms in total. The summed E-state index contributed by atoms with van der Waals surface area (Å²) in [5, 5.41) is 3.83. The maximum Gasteiger partial charge on any atom is 0.222 e. The van der Waals surface area contributed by atoms with Crippen molar-refractivity contribution in [2.75, 3.05) is 18.6 Å². The van der Waals surface area contributed by atoms with E-state index < -0.39 is 0 Å². The normalized spacial score (nSPS) is 10.8. The first-order valence-electron chi connectivity index (χ1n) is 10.1. The summed E-state index contributed by atoms with van der Waals surface area (Å²) in [7, 11) is 1.66. The second kappa shape index (κ2) is 10.7. The number of carbonyl (C=O) groups excluding carboxylic acids is 1. The summed E-state index contributed by atoms with van der Waals surface area (Å²) in [5.74, 6) is 1.64. The number of nitrogens with zero attached hydrogens (tertiary/aromatic N) is 3. The fraction of sp³-hybridized carbons (Fsp3) is 0.348. The Balaban J connectivity index is 1.56. The smallest absolute Gasteiger partial charge is 0.222 e. The zero-order valence-corrected chi connectivity index (χ0v) is 18.5. The van der Waals surface area contributed by atoms with Crippen LogP contribution in [0.4, 0.5) is 5.13 Å². The highest BCUT2D eigenvalue weighted by atomic mass is 32.1. The minimum absolute atomic E-state index is 0.0330. The van der Waals surface area contributed by atoms with Crippen molar-refractivity contribution in [2.24, 2.45) is 0 Å². The number of ether oxygens (including phenoxy) is 1. The molecule has 2 aromatic carbocycles. The molecule has 1 aromatic heterocycles. The Bertz CT molecular complexity index is 943. The van der Waals surface area contributed by atoms with Crippen molar-refractivity contribution >= 4 is 22.6 Å². The van der Waals surface area contributed by atoms with Crippen LogP contribution >= 0.6 is 11.5 Å². The van der Waals surface area contributed by atoms with Gasteiger partial charge in [0.25, 0.3) is 0 Å². The molecule has 30 heavy (non-hydrogen) atoms. The number of carbonyl (C=O) groups is 1. The van der Waals surface area contributed by atoms with Crippen LogP contribution in [0.15, 0.2) is 54.6 Å². The average Bonchev–Trinajstić information content (AvgIpc) is 3.21. The third kappa shape index (κ3) is 6.29. The van der Waals surface area contributed by atoms with Gasteiger partial charge >= 0.3 is 0 Å². The quantitative estimate of drug-likeness (QED) is 0.532. The summed E-state index contributed by atoms with van der Waals surface area (Å²) in [5.41, 5.74) is 2.20. The van der Waals surface area contributed by atoms with E-state index in [1.54, 1.807) is 7.11 Å². The van der Waals surface area contributed by atoms with Gasteiger partial charge in [-0.2, -0.15) is 4.37 Å². The van der Waals surface area contributed by atoms with Gasteiger partial charge in [-0.25, -0.2) is 4.98 Å². The molecule has 0 radical (unpaired) electrons. The van der Waals surface area contributed by atoms with Crippen molar-refractivity contribution in [3.05, 3.63) is 71.5 Å². The molecule has 0 spiro atoms. The van der Waals surface area contributed by atoms with Gasteiger partial charge in [-0.3, -0.25) is 4.79 Å². The highest BCUT2D eigenvalue weighted by Crippen LogP contribution is 2.22. The van der Waals surface area contributed by atoms with E-state index in [-0.39, 0.29) is 11.9 Å². The first kappa shape index (κ1) is 21.8. The summed E-state index contributed by atoms with van der Waals surface area (Å²) in [6.07, 6.45) is 1.06. The molecule has 1 heterocycles. The Labute approximate surface area is 182 Å². The molecule has 0 saturated heterocycles. The second-order valence-electron chi connectivity index (χ2n) is 7.32. The van der Waals surface area contributed by atoms with Gasteiger partial charge in [-0.1, -0.05) is 42.5 Å². The number of hydrogen-bond donors (Lipinski definition) is 1. The summed E-state index contributed by atoms with van der Waals surface area (Å²) in [4.78, 5) is 19.1. The maximum absolute atomic E-state index is 12.3. The van der Waals surface area contributed by atoms with E-state index in [9.17, 15) is 4.79 Å². The highest BCUT2D eigenvalue weighted by molar-refractivity contribution is 7.09. The predicted octanol–water partition coefficient (Wildman–Crippen LogP) is 4.06. The molecule has 7 heteroatoms. The Morgan fingerprint density at radius 3 is 2.63 bits per heavy atom. The second-order valence-corrected chi connectivity index (χ2v) is 8.05. The maximum atomic E-state index is 12.3. The van der Waals surface area contributed by atoms with Gasteiger partial charge in [-0.05, 0) is 37.1 Å². The number of rotatable bonds is 10. The van der Waals surface area contributed by atoms with Crippen LogP contribution in [-0.2, 0) is 17.8 Å². The lowest BCUT2D eigenvalue weighted by atomic mass is 10.1. The largest absolute Gasteiger partial charge is 0.497 e. The fourth-order valence-corrected chi connectivity index (χ4v) is 3.93. The monoisotopic (exact) mass is 424 g/mol. The number of nitrogens with one attached hydrogen (secondary N) is 1. The topological polar surface area (TPSA) is 67.3 Å². The Hall–Kier alpha value is -2.93. The Kier molecular flexibility index (Phi) is 7.79. The highest BCUT2D eigenvalue weighted by Gasteiger charge is 2.17. The molecule has 0 aliphatic carbocycles. The van der Waals surface area contributed by atoms with Crippen molar-refractivity contribution in [3.8, 4) is 5.75 Å². The molecule has 1 amide bonds. The van der Waals surface area contributed by atoms with Gasteiger partial charge in [0.1, 0.15) is 11.6 Å². The SMILES string of the molecule is COc1cccc(Cc2nsc(N(CCC(=O)NCc3ccccc3)C(C)C)n2)c1. The van der Waals surface area contributed by atoms with Crippen LogP contribution in [-0.4, -0.2) is 35.0 Å². The number of benzene rings is 2. The molecule has 3 rings (SSSR count). The third-order valence-electron chi connectivity index (χ3n) is 4.74. The zero-order valence-electron chi connectivity index (χ0n) is 17.7.